The van der Waals surface area contributed by atoms with E-state index in [2.05, 4.69) is 0 Å². The Morgan fingerprint density at radius 2 is 1.89 bits per heavy atom. The minimum absolute atomic E-state index is 0.0900. The van der Waals surface area contributed by atoms with Gasteiger partial charge in [0, 0.05) is 25.7 Å². The van der Waals surface area contributed by atoms with Crippen molar-refractivity contribution >= 4 is 17.8 Å². The lowest BCUT2D eigenvalue weighted by Gasteiger charge is -2.31. The molecule has 0 unspecified atom stereocenters. The fourth-order valence-corrected chi connectivity index (χ4v) is 3.37. The Kier molecular flexibility index (Phi) is 5.91. The first kappa shape index (κ1) is 19.8. The molecule has 28 heavy (non-hydrogen) atoms. The van der Waals surface area contributed by atoms with Gasteiger partial charge in [0.05, 0.1) is 19.6 Å². The van der Waals surface area contributed by atoms with Crippen LogP contribution in [0, 0.1) is 5.92 Å². The molecule has 0 aliphatic carbocycles. The smallest absolute Gasteiger partial charge is 0.306 e. The van der Waals surface area contributed by atoms with Gasteiger partial charge in [0.2, 0.25) is 11.7 Å². The Bertz CT molecular complexity index is 755. The zero-order chi connectivity index (χ0) is 20.3. The normalized spacial score (nSPS) is 16.4. The van der Waals surface area contributed by atoms with Crippen molar-refractivity contribution in [2.24, 2.45) is 5.92 Å². The summed E-state index contributed by atoms with van der Waals surface area (Å²) in [6, 6.07) is 3.15. The van der Waals surface area contributed by atoms with Crippen LogP contribution in [0.15, 0.2) is 12.1 Å². The van der Waals surface area contributed by atoms with E-state index in [-0.39, 0.29) is 18.4 Å². The molecule has 9 nitrogen and oxygen atoms in total. The molecule has 1 N–H and O–H groups in total. The van der Waals surface area contributed by atoms with Gasteiger partial charge < -0.3 is 29.1 Å². The molecule has 3 rings (SSSR count). The second-order valence-electron chi connectivity index (χ2n) is 6.86. The minimum atomic E-state index is -0.827. The van der Waals surface area contributed by atoms with Crippen LogP contribution in [0.1, 0.15) is 23.2 Å². The van der Waals surface area contributed by atoms with E-state index in [9.17, 15) is 14.4 Å². The number of aliphatic carboxylic acids is 1. The first-order valence-corrected chi connectivity index (χ1v) is 9.14. The Morgan fingerprint density at radius 1 is 1.21 bits per heavy atom. The highest BCUT2D eigenvalue weighted by molar-refractivity contribution is 5.97. The fraction of sp³-hybridized carbons (Fsp3) is 0.526. The van der Waals surface area contributed by atoms with E-state index in [0.717, 1.165) is 0 Å². The van der Waals surface area contributed by atoms with Crippen molar-refractivity contribution in [3.63, 3.8) is 0 Å². The monoisotopic (exact) mass is 392 g/mol. The van der Waals surface area contributed by atoms with E-state index in [0.29, 0.717) is 62.0 Å². The largest absolute Gasteiger partial charge is 0.493 e. The molecule has 2 aliphatic heterocycles. The number of methoxy groups -OCH3 is 1. The summed E-state index contributed by atoms with van der Waals surface area (Å²) in [5.74, 6) is -0.487. The Morgan fingerprint density at radius 3 is 2.54 bits per heavy atom. The molecule has 0 atom stereocenters. The van der Waals surface area contributed by atoms with Gasteiger partial charge in [-0.1, -0.05) is 0 Å². The molecule has 0 bridgehead atoms. The van der Waals surface area contributed by atoms with Crippen LogP contribution >= 0.6 is 0 Å². The van der Waals surface area contributed by atoms with Crippen molar-refractivity contribution in [2.75, 3.05) is 47.0 Å². The summed E-state index contributed by atoms with van der Waals surface area (Å²) < 4.78 is 16.4. The molecule has 152 valence electrons. The summed E-state index contributed by atoms with van der Waals surface area (Å²) in [5.41, 5.74) is 0.334. The summed E-state index contributed by atoms with van der Waals surface area (Å²) in [4.78, 5) is 39.2. The number of carboxylic acid groups (broad SMARTS) is 1. The second kappa shape index (κ2) is 8.37. The van der Waals surface area contributed by atoms with Crippen LogP contribution < -0.4 is 14.2 Å². The summed E-state index contributed by atoms with van der Waals surface area (Å²) >= 11 is 0. The van der Waals surface area contributed by atoms with E-state index >= 15 is 0 Å². The van der Waals surface area contributed by atoms with Gasteiger partial charge in [0.15, 0.2) is 11.5 Å². The van der Waals surface area contributed by atoms with Crippen molar-refractivity contribution in [1.82, 2.24) is 9.80 Å². The highest BCUT2D eigenvalue weighted by Crippen LogP contribution is 2.40. The summed E-state index contributed by atoms with van der Waals surface area (Å²) in [7, 11) is 3.03. The Hall–Kier alpha value is -2.97. The number of carboxylic acids is 1. The molecule has 1 aromatic rings. The third-order valence-corrected chi connectivity index (χ3v) is 4.99. The number of benzene rings is 1. The third kappa shape index (κ3) is 4.13. The SMILES string of the molecule is COc1cc(C(=O)N(C)CC(=O)N2CCC(C(=O)O)CC2)cc2c1OCCO2. The van der Waals surface area contributed by atoms with Crippen molar-refractivity contribution in [3.8, 4) is 17.2 Å². The van der Waals surface area contributed by atoms with Gasteiger partial charge in [0.25, 0.3) is 5.91 Å². The fourth-order valence-electron chi connectivity index (χ4n) is 3.37. The highest BCUT2D eigenvalue weighted by Gasteiger charge is 2.28. The predicted octanol–water partition coefficient (Wildman–Crippen LogP) is 0.862. The van der Waals surface area contributed by atoms with Gasteiger partial charge >= 0.3 is 5.97 Å². The predicted molar refractivity (Wildman–Crippen MR) is 97.9 cm³/mol. The minimum Gasteiger partial charge on any atom is -0.493 e. The Labute approximate surface area is 162 Å². The standard InChI is InChI=1S/C19H24N2O7/c1-20(11-16(22)21-5-3-12(4-6-21)19(24)25)18(23)13-9-14(26-2)17-15(10-13)27-7-8-28-17/h9-10,12H,3-8,11H2,1-2H3,(H,24,25). The lowest BCUT2D eigenvalue weighted by Crippen LogP contribution is -2.45. The number of fused-ring (bicyclic) bond motifs is 1. The number of ether oxygens (including phenoxy) is 3. The van der Waals surface area contributed by atoms with Crippen LogP contribution in [-0.4, -0.2) is 79.7 Å². The number of nitrogens with zero attached hydrogens (tertiary/aromatic N) is 2. The number of hydrogen-bond donors (Lipinski definition) is 1. The maximum atomic E-state index is 12.8. The molecule has 1 fully saturated rings. The molecule has 9 heteroatoms. The van der Waals surface area contributed by atoms with Crippen LogP contribution in [0.3, 0.4) is 0 Å². The molecule has 2 heterocycles. The first-order chi connectivity index (χ1) is 13.4. The molecule has 1 saturated heterocycles. The maximum absolute atomic E-state index is 12.8. The van der Waals surface area contributed by atoms with Crippen LogP contribution in [0.25, 0.3) is 0 Å². The maximum Gasteiger partial charge on any atom is 0.306 e. The zero-order valence-corrected chi connectivity index (χ0v) is 16.0. The van der Waals surface area contributed by atoms with Crippen LogP contribution in [0.4, 0.5) is 0 Å². The number of likely N-dealkylation sites (tertiary alicyclic amines) is 1. The van der Waals surface area contributed by atoms with Gasteiger partial charge in [-0.05, 0) is 25.0 Å². The van der Waals surface area contributed by atoms with E-state index in [1.165, 1.54) is 12.0 Å². The topological polar surface area (TPSA) is 106 Å². The molecule has 0 radical (unpaired) electrons. The number of carbonyl (C=O) groups excluding carboxylic acids is 2. The molecular formula is C19H24N2O7. The van der Waals surface area contributed by atoms with Crippen LogP contribution in [-0.2, 0) is 9.59 Å². The number of likely N-dealkylation sites (N-methyl/N-ethyl adjacent to an activating group) is 1. The van der Waals surface area contributed by atoms with Gasteiger partial charge in [0.1, 0.15) is 13.2 Å². The van der Waals surface area contributed by atoms with Crippen molar-refractivity contribution in [3.05, 3.63) is 17.7 Å². The molecule has 2 amide bonds. The van der Waals surface area contributed by atoms with Crippen LogP contribution in [0.2, 0.25) is 0 Å². The molecule has 1 aromatic carbocycles. The summed E-state index contributed by atoms with van der Waals surface area (Å²) in [5, 5.41) is 9.05. The molecule has 2 aliphatic rings. The average molecular weight is 392 g/mol. The highest BCUT2D eigenvalue weighted by atomic mass is 16.6. The van der Waals surface area contributed by atoms with E-state index in [4.69, 9.17) is 19.3 Å². The van der Waals surface area contributed by atoms with E-state index in [1.807, 2.05) is 0 Å². The van der Waals surface area contributed by atoms with Crippen molar-refractivity contribution < 1.29 is 33.7 Å². The zero-order valence-electron chi connectivity index (χ0n) is 16.0. The van der Waals surface area contributed by atoms with Crippen molar-refractivity contribution in [2.45, 2.75) is 12.8 Å². The summed E-state index contributed by atoms with van der Waals surface area (Å²) in [6.07, 6.45) is 0.857. The lowest BCUT2D eigenvalue weighted by molar-refractivity contribution is -0.145. The molecule has 0 aromatic heterocycles. The molecule has 0 saturated carbocycles. The van der Waals surface area contributed by atoms with Crippen LogP contribution in [0.5, 0.6) is 17.2 Å². The van der Waals surface area contributed by atoms with Gasteiger partial charge in [-0.15, -0.1) is 0 Å². The van der Waals surface area contributed by atoms with Gasteiger partial charge in [-0.3, -0.25) is 14.4 Å². The van der Waals surface area contributed by atoms with E-state index < -0.39 is 11.9 Å². The van der Waals surface area contributed by atoms with Gasteiger partial charge in [-0.2, -0.15) is 0 Å². The number of amides is 2. The van der Waals surface area contributed by atoms with Gasteiger partial charge in [-0.25, -0.2) is 0 Å². The molecular weight excluding hydrogens is 368 g/mol. The average Bonchev–Trinajstić information content (AvgIpc) is 2.72. The quantitative estimate of drug-likeness (QED) is 0.792. The third-order valence-electron chi connectivity index (χ3n) is 4.99. The first-order valence-electron chi connectivity index (χ1n) is 9.14. The van der Waals surface area contributed by atoms with Crippen molar-refractivity contribution in [1.29, 1.82) is 0 Å². The number of hydrogen-bond acceptors (Lipinski definition) is 6. The second-order valence-corrected chi connectivity index (χ2v) is 6.86. The number of carbonyl (C=O) groups is 3. The number of rotatable bonds is 5. The lowest BCUT2D eigenvalue weighted by atomic mass is 9.97. The summed E-state index contributed by atoms with van der Waals surface area (Å²) in [6.45, 7) is 1.47. The number of piperidine rings is 1. The van der Waals surface area contributed by atoms with E-state index in [1.54, 1.807) is 24.1 Å². The molecule has 0 spiro atoms. The Balaban J connectivity index is 1.65.